The number of halogens is 3. The van der Waals surface area contributed by atoms with Crippen LogP contribution in [0.1, 0.15) is 106 Å². The summed E-state index contributed by atoms with van der Waals surface area (Å²) in [7, 11) is 0. The number of carbonyl (C=O) groups excluding carboxylic acids is 3. The zero-order chi connectivity index (χ0) is 31.5. The summed E-state index contributed by atoms with van der Waals surface area (Å²) >= 11 is 0. The van der Waals surface area contributed by atoms with E-state index in [1.807, 2.05) is 6.08 Å². The Bertz CT molecular complexity index is 1310. The van der Waals surface area contributed by atoms with Crippen molar-refractivity contribution in [2.75, 3.05) is 13.1 Å². The Balaban J connectivity index is 1.52. The zero-order valence-corrected chi connectivity index (χ0v) is 27.1. The van der Waals surface area contributed by atoms with Crippen LogP contribution >= 0.6 is 0 Å². The molecule has 4 fully saturated rings. The largest absolute Gasteiger partial charge is 0.419 e. The van der Waals surface area contributed by atoms with Gasteiger partial charge in [0.1, 0.15) is 5.41 Å². The first-order valence-corrected chi connectivity index (χ1v) is 16.8. The Kier molecular flexibility index (Phi) is 6.90. The quantitative estimate of drug-likeness (QED) is 0.285. The van der Waals surface area contributed by atoms with E-state index in [0.717, 1.165) is 44.6 Å². The van der Waals surface area contributed by atoms with Gasteiger partial charge >= 0.3 is 6.18 Å². The fourth-order valence-corrected chi connectivity index (χ4v) is 11.8. The highest BCUT2D eigenvalue weighted by molar-refractivity contribution is 6.15. The second-order valence-corrected chi connectivity index (χ2v) is 16.6. The van der Waals surface area contributed by atoms with Gasteiger partial charge in [-0.3, -0.25) is 14.4 Å². The number of likely N-dealkylation sites (tertiary alicyclic amines) is 1. The van der Waals surface area contributed by atoms with Crippen LogP contribution in [0, 0.1) is 56.7 Å². The van der Waals surface area contributed by atoms with Crippen LogP contribution in [-0.2, 0) is 14.4 Å². The van der Waals surface area contributed by atoms with Crippen molar-refractivity contribution in [3.63, 3.8) is 0 Å². The van der Waals surface area contributed by atoms with Crippen molar-refractivity contribution in [1.29, 1.82) is 0 Å². The summed E-state index contributed by atoms with van der Waals surface area (Å²) < 4.78 is 44.2. The third-order valence-corrected chi connectivity index (χ3v) is 14.6. The van der Waals surface area contributed by atoms with Crippen molar-refractivity contribution < 1.29 is 27.6 Å². The van der Waals surface area contributed by atoms with Gasteiger partial charge in [0.05, 0.1) is 5.57 Å². The number of fused-ring (bicyclic) bond motifs is 7. The average Bonchev–Trinajstić information content (AvgIpc) is 2.93. The average molecular weight is 602 g/mol. The van der Waals surface area contributed by atoms with Crippen molar-refractivity contribution in [3.8, 4) is 0 Å². The van der Waals surface area contributed by atoms with Crippen LogP contribution in [-0.4, -0.2) is 41.6 Å². The summed E-state index contributed by atoms with van der Waals surface area (Å²) in [6.45, 7) is 15.6. The number of amides is 1. The lowest BCUT2D eigenvalue weighted by Crippen LogP contribution is -2.68. The number of hydrogen-bond acceptors (Lipinski definition) is 3. The van der Waals surface area contributed by atoms with Crippen LogP contribution in [0.4, 0.5) is 13.2 Å². The lowest BCUT2D eigenvalue weighted by molar-refractivity contribution is -0.184. The minimum atomic E-state index is -4.91. The van der Waals surface area contributed by atoms with E-state index < -0.39 is 51.5 Å². The number of alkyl halides is 3. The number of ketones is 2. The fourth-order valence-electron chi connectivity index (χ4n) is 11.8. The summed E-state index contributed by atoms with van der Waals surface area (Å²) in [6, 6.07) is 0. The van der Waals surface area contributed by atoms with Crippen molar-refractivity contribution >= 4 is 17.5 Å². The summed E-state index contributed by atoms with van der Waals surface area (Å²) in [5.41, 5.74) is -4.02. The Hall–Kier alpha value is -1.92. The summed E-state index contributed by atoms with van der Waals surface area (Å²) in [5, 5.41) is 0. The van der Waals surface area contributed by atoms with E-state index >= 15 is 0 Å². The van der Waals surface area contributed by atoms with Crippen LogP contribution in [0.15, 0.2) is 23.3 Å². The van der Waals surface area contributed by atoms with E-state index in [1.165, 1.54) is 18.9 Å². The minimum absolute atomic E-state index is 0.113. The Morgan fingerprint density at radius 1 is 0.907 bits per heavy atom. The maximum atomic E-state index is 14.7. The van der Waals surface area contributed by atoms with Crippen molar-refractivity contribution in [2.45, 2.75) is 112 Å². The number of carbonyl (C=O) groups is 3. The molecule has 6 rings (SSSR count). The summed E-state index contributed by atoms with van der Waals surface area (Å²) in [4.78, 5) is 44.4. The molecular formula is C36H50F3NO3. The fraction of sp³-hybridized carbons (Fsp3) is 0.806. The van der Waals surface area contributed by atoms with Gasteiger partial charge in [-0.15, -0.1) is 0 Å². The third-order valence-electron chi connectivity index (χ3n) is 14.6. The molecule has 0 N–H and O–H groups in total. The molecule has 1 amide bonds. The molecule has 5 aliphatic carbocycles. The van der Waals surface area contributed by atoms with Gasteiger partial charge in [-0.25, -0.2) is 0 Å². The second kappa shape index (κ2) is 9.55. The molecule has 0 aromatic rings. The van der Waals surface area contributed by atoms with Crippen LogP contribution in [0.3, 0.4) is 0 Å². The van der Waals surface area contributed by atoms with Crippen molar-refractivity contribution in [1.82, 2.24) is 4.90 Å². The predicted molar refractivity (Wildman–Crippen MR) is 160 cm³/mol. The van der Waals surface area contributed by atoms with Gasteiger partial charge in [-0.05, 0) is 111 Å². The van der Waals surface area contributed by atoms with Gasteiger partial charge in [-0.2, -0.15) is 13.2 Å². The molecule has 0 aromatic heterocycles. The van der Waals surface area contributed by atoms with E-state index in [9.17, 15) is 27.6 Å². The molecule has 10 atom stereocenters. The molecule has 1 saturated heterocycles. The molecule has 0 unspecified atom stereocenters. The normalized spacial score (nSPS) is 48.3. The van der Waals surface area contributed by atoms with Gasteiger partial charge in [-0.1, -0.05) is 53.2 Å². The topological polar surface area (TPSA) is 54.5 Å². The molecule has 43 heavy (non-hydrogen) atoms. The lowest BCUT2D eigenvalue weighted by Gasteiger charge is -2.69. The molecule has 0 aromatic carbocycles. The lowest BCUT2D eigenvalue weighted by atomic mass is 9.33. The number of Topliss-reactive ketones (excluding diaryl/α,β-unsaturated/α-hetero) is 1. The van der Waals surface area contributed by atoms with Gasteiger partial charge < -0.3 is 4.90 Å². The van der Waals surface area contributed by atoms with Gasteiger partial charge in [0.25, 0.3) is 0 Å². The highest BCUT2D eigenvalue weighted by atomic mass is 19.4. The number of allylic oxidation sites excluding steroid dienone is 4. The first kappa shape index (κ1) is 31.1. The van der Waals surface area contributed by atoms with Gasteiger partial charge in [0.2, 0.25) is 5.91 Å². The Morgan fingerprint density at radius 2 is 1.56 bits per heavy atom. The molecule has 7 heteroatoms. The molecule has 0 radical (unpaired) electrons. The molecule has 3 saturated carbocycles. The van der Waals surface area contributed by atoms with Crippen LogP contribution in [0.2, 0.25) is 0 Å². The van der Waals surface area contributed by atoms with Gasteiger partial charge in [0.15, 0.2) is 11.6 Å². The first-order valence-electron chi connectivity index (χ1n) is 16.8. The maximum Gasteiger partial charge on any atom is 0.419 e. The first-order chi connectivity index (χ1) is 19.9. The minimum Gasteiger partial charge on any atom is -0.342 e. The molecule has 238 valence electrons. The van der Waals surface area contributed by atoms with Crippen molar-refractivity contribution in [3.05, 3.63) is 23.3 Å². The summed E-state index contributed by atoms with van der Waals surface area (Å²) in [6.07, 6.45) is 5.84. The monoisotopic (exact) mass is 601 g/mol. The Morgan fingerprint density at radius 3 is 2.19 bits per heavy atom. The van der Waals surface area contributed by atoms with E-state index in [4.69, 9.17) is 0 Å². The molecule has 1 aliphatic heterocycles. The predicted octanol–water partition coefficient (Wildman–Crippen LogP) is 8.11. The SMILES string of the molecule is C[C@H]1[C@H](C)CC[C@]2(C)CC[C@]3(C)C(=CC(=O)[C@@H]4[C@@]5(C)C=C(C(F)(F)F)C(=O)[C@](C)(C(=O)N6CCCCC6)[C@@H]5CC[C@]43C)[C@H]12. The summed E-state index contributed by atoms with van der Waals surface area (Å²) in [5.74, 6) is -1.93. The number of rotatable bonds is 1. The second-order valence-electron chi connectivity index (χ2n) is 16.6. The molecule has 0 spiro atoms. The van der Waals surface area contributed by atoms with E-state index in [-0.39, 0.29) is 22.5 Å². The highest BCUT2D eigenvalue weighted by Crippen LogP contribution is 2.75. The van der Waals surface area contributed by atoms with Crippen LogP contribution < -0.4 is 0 Å². The number of nitrogens with zero attached hydrogens (tertiary/aromatic N) is 1. The number of piperidine rings is 1. The molecular weight excluding hydrogens is 551 g/mol. The van der Waals surface area contributed by atoms with E-state index in [1.54, 1.807) is 11.8 Å². The third kappa shape index (κ3) is 3.96. The van der Waals surface area contributed by atoms with E-state index in [0.29, 0.717) is 37.8 Å². The van der Waals surface area contributed by atoms with Crippen molar-refractivity contribution in [2.24, 2.45) is 56.7 Å². The van der Waals surface area contributed by atoms with Crippen LogP contribution in [0.5, 0.6) is 0 Å². The highest BCUT2D eigenvalue weighted by Gasteiger charge is 2.73. The zero-order valence-electron chi connectivity index (χ0n) is 27.1. The molecule has 4 nitrogen and oxygen atoms in total. The Labute approximate surface area is 255 Å². The number of hydrogen-bond donors (Lipinski definition) is 0. The smallest absolute Gasteiger partial charge is 0.342 e. The molecule has 6 aliphatic rings. The van der Waals surface area contributed by atoms with Crippen LogP contribution in [0.25, 0.3) is 0 Å². The van der Waals surface area contributed by atoms with E-state index in [2.05, 4.69) is 34.6 Å². The maximum absolute atomic E-state index is 14.7. The standard InChI is InChI=1S/C36H50F3NO3/c1-21-11-13-31(3)15-16-33(5)23(27(31)22(21)2)19-25(41)28-32(4)20-24(36(37,38)39)29(42)35(7,26(32)12-14-34(28,33)6)30(43)40-17-9-8-10-18-40/h19-22,26-28H,8-18H2,1-7H3/t21-,22+,26-,27+,28-,31-,32+,33-,34-,35-/m1/s1. The molecule has 1 heterocycles. The molecule has 0 bridgehead atoms. The van der Waals surface area contributed by atoms with Gasteiger partial charge in [0, 0.05) is 24.4 Å².